The average molecular weight is 307 g/mol. The second-order valence-corrected chi connectivity index (χ2v) is 7.34. The second-order valence-electron chi connectivity index (χ2n) is 5.57. The number of para-hydroxylation sites is 1. The molecule has 0 saturated carbocycles. The number of hydrogen-bond donors (Lipinski definition) is 1. The van der Waals surface area contributed by atoms with Crippen LogP contribution in [0.2, 0.25) is 0 Å². The Labute approximate surface area is 126 Å². The van der Waals surface area contributed by atoms with Gasteiger partial charge in [0.15, 0.2) is 0 Å². The first-order valence-electron chi connectivity index (χ1n) is 6.92. The van der Waals surface area contributed by atoms with Gasteiger partial charge in [-0.15, -0.1) is 0 Å². The monoisotopic (exact) mass is 307 g/mol. The van der Waals surface area contributed by atoms with E-state index in [1.165, 1.54) is 0 Å². The number of sulfonamides is 1. The van der Waals surface area contributed by atoms with Gasteiger partial charge in [-0.1, -0.05) is 32.0 Å². The lowest BCUT2D eigenvalue weighted by molar-refractivity contribution is 0.587. The fourth-order valence-electron chi connectivity index (χ4n) is 2.25. The molecule has 6 heteroatoms. The Balaban J connectivity index is 2.37. The van der Waals surface area contributed by atoms with E-state index in [0.717, 1.165) is 11.4 Å². The van der Waals surface area contributed by atoms with Gasteiger partial charge in [-0.05, 0) is 31.9 Å². The number of nitrogens with one attached hydrogen (secondary N) is 1. The van der Waals surface area contributed by atoms with E-state index < -0.39 is 10.0 Å². The molecule has 0 saturated heterocycles. The average Bonchev–Trinajstić information content (AvgIpc) is 2.66. The molecular formula is C15H21N3O2S. The molecule has 0 aliphatic carbocycles. The van der Waals surface area contributed by atoms with Crippen molar-refractivity contribution in [3.05, 3.63) is 41.7 Å². The van der Waals surface area contributed by atoms with E-state index >= 15 is 0 Å². The molecule has 2 aromatic rings. The van der Waals surface area contributed by atoms with Crippen LogP contribution >= 0.6 is 0 Å². The maximum atomic E-state index is 12.1. The Morgan fingerprint density at radius 2 is 1.81 bits per heavy atom. The summed E-state index contributed by atoms with van der Waals surface area (Å²) < 4.78 is 28.6. The first kappa shape index (κ1) is 15.6. The molecule has 0 amide bonds. The van der Waals surface area contributed by atoms with Crippen LogP contribution in [0.5, 0.6) is 0 Å². The fraction of sp³-hybridized carbons (Fsp3) is 0.400. The van der Waals surface area contributed by atoms with Crippen LogP contribution in [-0.2, 0) is 10.0 Å². The van der Waals surface area contributed by atoms with E-state index in [4.69, 9.17) is 0 Å². The van der Waals surface area contributed by atoms with Gasteiger partial charge in [-0.3, -0.25) is 4.72 Å². The predicted molar refractivity (Wildman–Crippen MR) is 85.3 cm³/mol. The molecule has 5 nitrogen and oxygen atoms in total. The molecule has 0 spiro atoms. The van der Waals surface area contributed by atoms with E-state index in [0.29, 0.717) is 11.4 Å². The quantitative estimate of drug-likeness (QED) is 0.923. The number of aryl methyl sites for hydroxylation is 1. The van der Waals surface area contributed by atoms with Crippen LogP contribution in [0.4, 0.5) is 5.69 Å². The van der Waals surface area contributed by atoms with Crippen LogP contribution in [0.15, 0.2) is 30.3 Å². The van der Waals surface area contributed by atoms with Gasteiger partial charge in [0.1, 0.15) is 0 Å². The zero-order valence-electron chi connectivity index (χ0n) is 12.8. The Hall–Kier alpha value is -1.82. The predicted octanol–water partition coefficient (Wildman–Crippen LogP) is 2.89. The lowest BCUT2D eigenvalue weighted by Gasteiger charge is -2.10. The van der Waals surface area contributed by atoms with Gasteiger partial charge in [0, 0.05) is 0 Å². The molecule has 0 fully saturated rings. The number of hydrogen-bond acceptors (Lipinski definition) is 3. The third kappa shape index (κ3) is 3.64. The van der Waals surface area contributed by atoms with Gasteiger partial charge >= 0.3 is 0 Å². The first-order valence-corrected chi connectivity index (χ1v) is 8.57. The van der Waals surface area contributed by atoms with E-state index in [9.17, 15) is 8.42 Å². The SMILES string of the molecule is Cc1nn(-c2ccccc2)c(C)c1NS(=O)(=O)CC(C)C. The van der Waals surface area contributed by atoms with Crippen LogP contribution in [-0.4, -0.2) is 24.0 Å². The standard InChI is InChI=1S/C15H21N3O2S/c1-11(2)10-21(19,20)17-15-12(3)16-18(13(15)4)14-8-6-5-7-9-14/h5-9,11,17H,10H2,1-4H3. The van der Waals surface area contributed by atoms with Gasteiger partial charge in [-0.25, -0.2) is 13.1 Å². The highest BCUT2D eigenvalue weighted by molar-refractivity contribution is 7.92. The molecule has 1 aromatic heterocycles. The molecule has 1 heterocycles. The zero-order valence-corrected chi connectivity index (χ0v) is 13.6. The van der Waals surface area contributed by atoms with Crippen molar-refractivity contribution in [2.24, 2.45) is 5.92 Å². The third-order valence-electron chi connectivity index (χ3n) is 3.10. The molecule has 1 N–H and O–H groups in total. The summed E-state index contributed by atoms with van der Waals surface area (Å²) in [5.74, 6) is 0.176. The van der Waals surface area contributed by atoms with E-state index in [-0.39, 0.29) is 11.7 Å². The van der Waals surface area contributed by atoms with Crippen molar-refractivity contribution >= 4 is 15.7 Å². The lowest BCUT2D eigenvalue weighted by Crippen LogP contribution is -2.20. The summed E-state index contributed by atoms with van der Waals surface area (Å²) in [6.45, 7) is 7.43. The molecule has 0 radical (unpaired) electrons. The minimum atomic E-state index is -3.35. The molecule has 21 heavy (non-hydrogen) atoms. The molecular weight excluding hydrogens is 286 g/mol. The van der Waals surface area contributed by atoms with Crippen molar-refractivity contribution < 1.29 is 8.42 Å². The molecule has 1 aromatic carbocycles. The number of anilines is 1. The number of benzene rings is 1. The van der Waals surface area contributed by atoms with E-state index in [1.54, 1.807) is 11.6 Å². The van der Waals surface area contributed by atoms with Crippen LogP contribution in [0.3, 0.4) is 0 Å². The summed E-state index contributed by atoms with van der Waals surface area (Å²) in [6.07, 6.45) is 0. The smallest absolute Gasteiger partial charge is 0.233 e. The normalized spacial score (nSPS) is 11.9. The third-order valence-corrected chi connectivity index (χ3v) is 4.72. The minimum Gasteiger partial charge on any atom is -0.280 e. The Morgan fingerprint density at radius 1 is 1.19 bits per heavy atom. The minimum absolute atomic E-state index is 0.0762. The number of nitrogens with zero attached hydrogens (tertiary/aromatic N) is 2. The summed E-state index contributed by atoms with van der Waals surface area (Å²) in [4.78, 5) is 0. The molecule has 0 unspecified atom stereocenters. The largest absolute Gasteiger partial charge is 0.280 e. The van der Waals surface area contributed by atoms with Crippen molar-refractivity contribution in [2.75, 3.05) is 10.5 Å². The molecule has 2 rings (SSSR count). The lowest BCUT2D eigenvalue weighted by atomic mass is 10.3. The van der Waals surface area contributed by atoms with E-state index in [2.05, 4.69) is 9.82 Å². The molecule has 0 bridgehead atoms. The summed E-state index contributed by atoms with van der Waals surface area (Å²) >= 11 is 0. The maximum Gasteiger partial charge on any atom is 0.233 e. The molecule has 114 valence electrons. The summed E-state index contributed by atoms with van der Waals surface area (Å²) in [7, 11) is -3.35. The number of rotatable bonds is 5. The number of aromatic nitrogens is 2. The first-order chi connectivity index (χ1) is 9.80. The van der Waals surface area contributed by atoms with E-state index in [1.807, 2.05) is 51.1 Å². The molecule has 0 aliphatic heterocycles. The zero-order chi connectivity index (χ0) is 15.6. The van der Waals surface area contributed by atoms with Gasteiger partial charge in [-0.2, -0.15) is 5.10 Å². The Bertz CT molecular complexity index is 719. The van der Waals surface area contributed by atoms with Crippen LogP contribution < -0.4 is 4.72 Å². The van der Waals surface area contributed by atoms with Crippen molar-refractivity contribution in [3.63, 3.8) is 0 Å². The van der Waals surface area contributed by atoms with Crippen LogP contribution in [0, 0.1) is 19.8 Å². The van der Waals surface area contributed by atoms with Crippen molar-refractivity contribution in [2.45, 2.75) is 27.7 Å². The second kappa shape index (κ2) is 5.89. The van der Waals surface area contributed by atoms with Crippen molar-refractivity contribution in [1.82, 2.24) is 9.78 Å². The fourth-order valence-corrected chi connectivity index (χ4v) is 3.81. The Kier molecular flexibility index (Phi) is 4.37. The topological polar surface area (TPSA) is 64.0 Å². The van der Waals surface area contributed by atoms with Crippen LogP contribution in [0.25, 0.3) is 5.69 Å². The Morgan fingerprint density at radius 3 is 2.38 bits per heavy atom. The summed E-state index contributed by atoms with van der Waals surface area (Å²) in [6, 6.07) is 9.65. The summed E-state index contributed by atoms with van der Waals surface area (Å²) in [5.41, 5.74) is 2.93. The van der Waals surface area contributed by atoms with Crippen LogP contribution in [0.1, 0.15) is 25.2 Å². The van der Waals surface area contributed by atoms with Gasteiger partial charge in [0.25, 0.3) is 0 Å². The summed E-state index contributed by atoms with van der Waals surface area (Å²) in [5, 5.41) is 4.43. The molecule has 0 atom stereocenters. The highest BCUT2D eigenvalue weighted by Gasteiger charge is 2.19. The van der Waals surface area contributed by atoms with Gasteiger partial charge < -0.3 is 0 Å². The van der Waals surface area contributed by atoms with Gasteiger partial charge in [0.05, 0.1) is 28.5 Å². The highest BCUT2D eigenvalue weighted by atomic mass is 32.2. The maximum absolute atomic E-state index is 12.1. The highest BCUT2D eigenvalue weighted by Crippen LogP contribution is 2.24. The molecule has 0 aliphatic rings. The van der Waals surface area contributed by atoms with Crippen molar-refractivity contribution in [3.8, 4) is 5.69 Å². The van der Waals surface area contributed by atoms with Gasteiger partial charge in [0.2, 0.25) is 10.0 Å². The van der Waals surface area contributed by atoms with Crippen molar-refractivity contribution in [1.29, 1.82) is 0 Å².